The van der Waals surface area contributed by atoms with Crippen molar-refractivity contribution in [3.05, 3.63) is 52.1 Å². The Hall–Kier alpha value is -3.64. The molecule has 0 aromatic heterocycles. The Morgan fingerprint density at radius 2 is 1.80 bits per heavy atom. The third-order valence-electron chi connectivity index (χ3n) is 7.87. The SMILES string of the molecule is Br.CCOc1cc2c(cc1C(=O)NC)C(=N)N(CC(=O)c1cc(N3CCC(OCC(=O)O)CC3)c(OC)c(C(C)(C)C)c1)C2. The van der Waals surface area contributed by atoms with Crippen LogP contribution in [0, 0.1) is 5.41 Å². The number of amides is 1. The number of hydrogen-bond donors (Lipinski definition) is 3. The van der Waals surface area contributed by atoms with Gasteiger partial charge in [0.25, 0.3) is 5.91 Å². The van der Waals surface area contributed by atoms with Crippen molar-refractivity contribution in [2.75, 3.05) is 51.9 Å². The smallest absolute Gasteiger partial charge is 0.329 e. The molecular weight excluding hydrogens is 632 g/mol. The first kappa shape index (κ1) is 34.8. The van der Waals surface area contributed by atoms with Gasteiger partial charge in [-0.15, -0.1) is 17.0 Å². The molecule has 0 radical (unpaired) electrons. The first-order valence-corrected chi connectivity index (χ1v) is 14.6. The highest BCUT2D eigenvalue weighted by Crippen LogP contribution is 2.41. The lowest BCUT2D eigenvalue weighted by molar-refractivity contribution is -0.144. The van der Waals surface area contributed by atoms with Gasteiger partial charge in [0.1, 0.15) is 23.9 Å². The number of carboxylic acid groups (broad SMARTS) is 1. The van der Waals surface area contributed by atoms with E-state index in [0.717, 1.165) is 16.8 Å². The quantitative estimate of drug-likeness (QED) is 0.295. The molecule has 2 heterocycles. The average Bonchev–Trinajstić information content (AvgIpc) is 3.27. The third kappa shape index (κ3) is 7.52. The topological polar surface area (TPSA) is 141 Å². The molecule has 44 heavy (non-hydrogen) atoms. The van der Waals surface area contributed by atoms with Crippen LogP contribution in [0.4, 0.5) is 5.69 Å². The molecule has 2 aliphatic rings. The molecule has 2 aromatic carbocycles. The number of amidine groups is 1. The maximum Gasteiger partial charge on any atom is 0.329 e. The average molecular weight is 676 g/mol. The second-order valence-corrected chi connectivity index (χ2v) is 11.9. The monoisotopic (exact) mass is 674 g/mol. The summed E-state index contributed by atoms with van der Waals surface area (Å²) < 4.78 is 17.1. The van der Waals surface area contributed by atoms with Gasteiger partial charge in [-0.25, -0.2) is 4.79 Å². The van der Waals surface area contributed by atoms with E-state index in [1.54, 1.807) is 31.2 Å². The number of fused-ring (bicyclic) bond motifs is 1. The van der Waals surface area contributed by atoms with Crippen molar-refractivity contribution in [1.29, 1.82) is 5.41 Å². The molecule has 12 heteroatoms. The second-order valence-electron chi connectivity index (χ2n) is 11.9. The highest BCUT2D eigenvalue weighted by Gasteiger charge is 2.32. The maximum atomic E-state index is 13.8. The number of ketones is 1. The molecule has 240 valence electrons. The van der Waals surface area contributed by atoms with Gasteiger partial charge in [-0.2, -0.15) is 0 Å². The Labute approximate surface area is 269 Å². The minimum absolute atomic E-state index is 0. The lowest BCUT2D eigenvalue weighted by Gasteiger charge is -2.36. The molecule has 1 amide bonds. The van der Waals surface area contributed by atoms with Gasteiger partial charge in [0.2, 0.25) is 0 Å². The molecule has 1 fully saturated rings. The number of rotatable bonds is 11. The summed E-state index contributed by atoms with van der Waals surface area (Å²) in [5, 5.41) is 20.4. The van der Waals surface area contributed by atoms with Crippen LogP contribution in [0.2, 0.25) is 0 Å². The minimum atomic E-state index is -0.985. The molecular formula is C32H43BrN4O7. The summed E-state index contributed by atoms with van der Waals surface area (Å²) in [6.45, 7) is 9.74. The number of nitrogens with one attached hydrogen (secondary N) is 2. The normalized spacial score (nSPS) is 15.0. The number of halogens is 1. The van der Waals surface area contributed by atoms with Gasteiger partial charge in [0.05, 0.1) is 37.6 Å². The van der Waals surface area contributed by atoms with Gasteiger partial charge >= 0.3 is 5.97 Å². The van der Waals surface area contributed by atoms with Gasteiger partial charge in [-0.1, -0.05) is 20.8 Å². The van der Waals surface area contributed by atoms with Gasteiger partial charge in [-0.3, -0.25) is 15.0 Å². The fraction of sp³-hybridized carbons (Fsp3) is 0.500. The molecule has 2 aromatic rings. The molecule has 2 aliphatic heterocycles. The lowest BCUT2D eigenvalue weighted by Crippen LogP contribution is -2.38. The molecule has 0 saturated carbocycles. The van der Waals surface area contributed by atoms with E-state index < -0.39 is 5.97 Å². The summed E-state index contributed by atoms with van der Waals surface area (Å²) in [5.74, 6) is -0.0748. The Morgan fingerprint density at radius 1 is 1.11 bits per heavy atom. The van der Waals surface area contributed by atoms with Crippen molar-refractivity contribution in [2.45, 2.75) is 58.6 Å². The van der Waals surface area contributed by atoms with Crippen LogP contribution >= 0.6 is 17.0 Å². The van der Waals surface area contributed by atoms with Gasteiger partial charge in [0.15, 0.2) is 5.78 Å². The predicted molar refractivity (Wildman–Crippen MR) is 173 cm³/mol. The van der Waals surface area contributed by atoms with Crippen molar-refractivity contribution in [3.63, 3.8) is 0 Å². The first-order valence-electron chi connectivity index (χ1n) is 14.6. The molecule has 0 atom stereocenters. The van der Waals surface area contributed by atoms with E-state index in [1.807, 2.05) is 19.1 Å². The molecule has 11 nitrogen and oxygen atoms in total. The van der Waals surface area contributed by atoms with Gasteiger partial charge in [-0.05, 0) is 55.0 Å². The fourth-order valence-electron chi connectivity index (χ4n) is 5.65. The maximum absolute atomic E-state index is 13.8. The number of carboxylic acids is 1. The Bertz CT molecular complexity index is 1410. The molecule has 0 bridgehead atoms. The largest absolute Gasteiger partial charge is 0.494 e. The summed E-state index contributed by atoms with van der Waals surface area (Å²) in [4.78, 5) is 41.1. The number of nitrogens with zero attached hydrogens (tertiary/aromatic N) is 2. The first-order chi connectivity index (χ1) is 20.4. The standard InChI is InChI=1S/C32H42N4O7.BrH/c1-7-42-27-14-20-16-36(30(33)22(20)15-23(27)31(40)34-5)17-26(37)19-12-24(32(2,3)4)29(41-6)25(13-19)35-10-8-21(9-11-35)43-18-28(38)39;/h12-15,21,33H,7-11,16-18H2,1-6H3,(H,34,40)(H,38,39);1H. The van der Waals surface area contributed by atoms with Crippen LogP contribution in [0.25, 0.3) is 0 Å². The Balaban J connectivity index is 0.00000529. The van der Waals surface area contributed by atoms with Crippen LogP contribution in [-0.2, 0) is 21.5 Å². The number of Topliss-reactive ketones (excluding diaryl/α,β-unsaturated/α-hetero) is 1. The van der Waals surface area contributed by atoms with Crippen molar-refractivity contribution >= 4 is 46.2 Å². The zero-order valence-corrected chi connectivity index (χ0v) is 28.0. The number of carbonyl (C=O) groups is 3. The van der Waals surface area contributed by atoms with E-state index in [4.69, 9.17) is 24.7 Å². The number of hydrogen-bond acceptors (Lipinski definition) is 8. The third-order valence-corrected chi connectivity index (χ3v) is 7.87. The summed E-state index contributed by atoms with van der Waals surface area (Å²) in [7, 11) is 3.18. The van der Waals surface area contributed by atoms with E-state index in [9.17, 15) is 14.4 Å². The van der Waals surface area contributed by atoms with Gasteiger partial charge in [0, 0.05) is 43.4 Å². The van der Waals surface area contributed by atoms with E-state index in [0.29, 0.717) is 67.3 Å². The Morgan fingerprint density at radius 3 is 2.36 bits per heavy atom. The lowest BCUT2D eigenvalue weighted by atomic mass is 9.84. The summed E-state index contributed by atoms with van der Waals surface area (Å²) in [5.41, 5.74) is 3.70. The second kappa shape index (κ2) is 14.4. The van der Waals surface area contributed by atoms with Gasteiger partial charge < -0.3 is 34.4 Å². The molecule has 1 saturated heterocycles. The van der Waals surface area contributed by atoms with Crippen LogP contribution in [0.1, 0.15) is 77.9 Å². The van der Waals surface area contributed by atoms with Crippen LogP contribution in [-0.4, -0.2) is 86.6 Å². The summed E-state index contributed by atoms with van der Waals surface area (Å²) in [6.07, 6.45) is 1.18. The van der Waals surface area contributed by atoms with E-state index in [2.05, 4.69) is 31.0 Å². The predicted octanol–water partition coefficient (Wildman–Crippen LogP) is 4.42. The van der Waals surface area contributed by atoms with Crippen molar-refractivity contribution in [1.82, 2.24) is 10.2 Å². The van der Waals surface area contributed by atoms with Crippen molar-refractivity contribution in [3.8, 4) is 11.5 Å². The molecule has 0 aliphatic carbocycles. The number of benzene rings is 2. The zero-order valence-electron chi connectivity index (χ0n) is 26.2. The van der Waals surface area contributed by atoms with Crippen molar-refractivity contribution < 1.29 is 33.7 Å². The fourth-order valence-corrected chi connectivity index (χ4v) is 5.65. The van der Waals surface area contributed by atoms with Crippen LogP contribution < -0.4 is 19.7 Å². The van der Waals surface area contributed by atoms with E-state index in [-0.39, 0.29) is 59.2 Å². The number of piperidine rings is 1. The number of methoxy groups -OCH3 is 1. The number of carbonyl (C=O) groups excluding carboxylic acids is 2. The van der Waals surface area contributed by atoms with Crippen LogP contribution in [0.3, 0.4) is 0 Å². The molecule has 4 rings (SSSR count). The Kier molecular flexibility index (Phi) is 11.4. The summed E-state index contributed by atoms with van der Waals surface area (Å²) >= 11 is 0. The minimum Gasteiger partial charge on any atom is -0.494 e. The molecule has 3 N–H and O–H groups in total. The van der Waals surface area contributed by atoms with Crippen LogP contribution in [0.5, 0.6) is 11.5 Å². The summed E-state index contributed by atoms with van der Waals surface area (Å²) in [6, 6.07) is 7.20. The van der Waals surface area contributed by atoms with Crippen molar-refractivity contribution in [2.24, 2.45) is 0 Å². The number of aliphatic carboxylic acids is 1. The van der Waals surface area contributed by atoms with Crippen LogP contribution in [0.15, 0.2) is 24.3 Å². The van der Waals surface area contributed by atoms with E-state index in [1.165, 1.54) is 0 Å². The highest BCUT2D eigenvalue weighted by atomic mass is 79.9. The highest BCUT2D eigenvalue weighted by molar-refractivity contribution is 8.93. The molecule has 0 unspecified atom stereocenters. The van der Waals surface area contributed by atoms with E-state index >= 15 is 0 Å². The number of ether oxygens (including phenoxy) is 3. The zero-order chi connectivity index (χ0) is 31.5. The molecule has 0 spiro atoms. The number of anilines is 1.